The molecule has 0 aliphatic rings. The first-order valence-corrected chi connectivity index (χ1v) is 15.5. The van der Waals surface area contributed by atoms with Gasteiger partial charge in [-0.1, -0.05) is 142 Å². The Morgan fingerprint density at radius 3 is 1.19 bits per heavy atom. The van der Waals surface area contributed by atoms with Crippen LogP contribution in [0, 0.1) is 0 Å². The Hall–Kier alpha value is -0.580. The average molecular weight is 475 g/mol. The predicted molar refractivity (Wildman–Crippen MR) is 137 cm³/mol. The summed E-state index contributed by atoms with van der Waals surface area (Å²) in [5.74, 6) is -0.617. The molecule has 0 unspecified atom stereocenters. The summed E-state index contributed by atoms with van der Waals surface area (Å²) in [4.78, 5) is 11.8. The van der Waals surface area contributed by atoms with E-state index in [0.717, 1.165) is 38.5 Å². The smallest absolute Gasteiger partial charge is 0.322 e. The van der Waals surface area contributed by atoms with Gasteiger partial charge in [-0.25, -0.2) is 0 Å². The lowest BCUT2D eigenvalue weighted by atomic mass is 10.0. The van der Waals surface area contributed by atoms with Gasteiger partial charge in [0.05, 0.1) is 5.75 Å². The average Bonchev–Trinajstić information content (AvgIpc) is 2.75. The minimum Gasteiger partial charge on any atom is -0.346 e. The highest BCUT2D eigenvalue weighted by Crippen LogP contribution is 2.14. The van der Waals surface area contributed by atoms with E-state index >= 15 is 0 Å². The fourth-order valence-electron chi connectivity index (χ4n) is 4.10. The highest BCUT2D eigenvalue weighted by atomic mass is 32.2. The molecule has 0 aromatic carbocycles. The molecule has 0 aliphatic carbocycles. The van der Waals surface area contributed by atoms with E-state index in [0.29, 0.717) is 6.42 Å². The molecule has 32 heavy (non-hydrogen) atoms. The molecular formula is C27H54O4S. The van der Waals surface area contributed by atoms with Gasteiger partial charge in [-0.3, -0.25) is 4.79 Å². The Balaban J connectivity index is 3.42. The maximum absolute atomic E-state index is 11.9. The molecule has 0 aliphatic heterocycles. The lowest BCUT2D eigenvalue weighted by Crippen LogP contribution is -2.16. The van der Waals surface area contributed by atoms with Crippen LogP contribution in [0.2, 0.25) is 0 Å². The van der Waals surface area contributed by atoms with Crippen molar-refractivity contribution in [1.82, 2.24) is 0 Å². The SMILES string of the molecule is CCCCCCCCCCCCCCCCCC(=O)OS(=O)(=O)CCCCCCCCC. The summed E-state index contributed by atoms with van der Waals surface area (Å²) < 4.78 is 28.5. The van der Waals surface area contributed by atoms with Crippen LogP contribution in [-0.2, 0) is 19.1 Å². The zero-order chi connectivity index (χ0) is 23.8. The van der Waals surface area contributed by atoms with Crippen LogP contribution in [0.1, 0.15) is 162 Å². The Labute approximate surface area is 200 Å². The molecule has 0 aromatic rings. The van der Waals surface area contributed by atoms with E-state index in [4.69, 9.17) is 4.18 Å². The van der Waals surface area contributed by atoms with Crippen LogP contribution >= 0.6 is 0 Å². The third-order valence-electron chi connectivity index (χ3n) is 6.20. The second-order valence-corrected chi connectivity index (χ2v) is 11.2. The standard InChI is InChI=1S/C27H54O4S/c1-3-5-7-9-11-12-13-14-15-16-17-18-19-21-23-25-27(28)31-32(29,30)26-24-22-20-10-8-6-4-2/h3-26H2,1-2H3. The van der Waals surface area contributed by atoms with Crippen molar-refractivity contribution in [2.24, 2.45) is 0 Å². The second-order valence-electron chi connectivity index (χ2n) is 9.54. The highest BCUT2D eigenvalue weighted by Gasteiger charge is 2.16. The number of carbonyl (C=O) groups is 1. The van der Waals surface area contributed by atoms with Crippen molar-refractivity contribution in [3.8, 4) is 0 Å². The van der Waals surface area contributed by atoms with E-state index in [1.807, 2.05) is 0 Å². The van der Waals surface area contributed by atoms with Crippen molar-refractivity contribution >= 4 is 16.1 Å². The van der Waals surface area contributed by atoms with Gasteiger partial charge < -0.3 is 4.18 Å². The van der Waals surface area contributed by atoms with E-state index < -0.39 is 16.1 Å². The lowest BCUT2D eigenvalue weighted by molar-refractivity contribution is -0.133. The Morgan fingerprint density at radius 2 is 0.812 bits per heavy atom. The normalized spacial score (nSPS) is 11.7. The van der Waals surface area contributed by atoms with E-state index in [1.54, 1.807) is 0 Å². The van der Waals surface area contributed by atoms with Crippen molar-refractivity contribution in [1.29, 1.82) is 0 Å². The zero-order valence-electron chi connectivity index (χ0n) is 21.5. The van der Waals surface area contributed by atoms with Gasteiger partial charge in [-0.15, -0.1) is 0 Å². The quantitative estimate of drug-likeness (QED) is 0.0978. The molecule has 0 amide bonds. The molecule has 0 rings (SSSR count). The van der Waals surface area contributed by atoms with Crippen LogP contribution in [0.15, 0.2) is 0 Å². The summed E-state index contributed by atoms with van der Waals surface area (Å²) in [6.07, 6.45) is 26.6. The molecule has 4 nitrogen and oxygen atoms in total. The molecular weight excluding hydrogens is 420 g/mol. The van der Waals surface area contributed by atoms with Gasteiger partial charge in [0.15, 0.2) is 0 Å². The molecule has 192 valence electrons. The lowest BCUT2D eigenvalue weighted by Gasteiger charge is -2.06. The second kappa shape index (κ2) is 23.6. The van der Waals surface area contributed by atoms with Crippen LogP contribution in [0.4, 0.5) is 0 Å². The van der Waals surface area contributed by atoms with Crippen molar-refractivity contribution < 1.29 is 17.4 Å². The molecule has 0 spiro atoms. The molecule has 0 N–H and O–H groups in total. The van der Waals surface area contributed by atoms with Crippen LogP contribution in [0.5, 0.6) is 0 Å². The van der Waals surface area contributed by atoms with Crippen molar-refractivity contribution in [3.63, 3.8) is 0 Å². The molecule has 0 bridgehead atoms. The molecule has 0 fully saturated rings. The molecule has 0 heterocycles. The molecule has 5 heteroatoms. The highest BCUT2D eigenvalue weighted by molar-refractivity contribution is 7.87. The van der Waals surface area contributed by atoms with Crippen LogP contribution in [0.25, 0.3) is 0 Å². The van der Waals surface area contributed by atoms with Gasteiger partial charge >= 0.3 is 16.1 Å². The van der Waals surface area contributed by atoms with Crippen LogP contribution in [-0.4, -0.2) is 20.1 Å². The van der Waals surface area contributed by atoms with Gasteiger partial charge in [0, 0.05) is 6.42 Å². The van der Waals surface area contributed by atoms with Crippen molar-refractivity contribution in [3.05, 3.63) is 0 Å². The summed E-state index contributed by atoms with van der Waals surface area (Å²) in [5, 5.41) is 0. The Bertz CT molecular complexity index is 502. The first-order chi connectivity index (χ1) is 15.5. The molecule has 0 aromatic heterocycles. The first kappa shape index (κ1) is 31.4. The molecule has 0 saturated heterocycles. The van der Waals surface area contributed by atoms with Crippen LogP contribution < -0.4 is 0 Å². The van der Waals surface area contributed by atoms with E-state index in [9.17, 15) is 13.2 Å². The molecule has 0 radical (unpaired) electrons. The summed E-state index contributed by atoms with van der Waals surface area (Å²) in [6.45, 7) is 4.44. The van der Waals surface area contributed by atoms with E-state index in [-0.39, 0.29) is 12.2 Å². The summed E-state index contributed by atoms with van der Waals surface area (Å²) in [5.41, 5.74) is 0. The van der Waals surface area contributed by atoms with Gasteiger partial charge in [-0.05, 0) is 12.8 Å². The van der Waals surface area contributed by atoms with Crippen molar-refractivity contribution in [2.45, 2.75) is 162 Å². The fourth-order valence-corrected chi connectivity index (χ4v) is 5.11. The Morgan fingerprint density at radius 1 is 0.500 bits per heavy atom. The van der Waals surface area contributed by atoms with Crippen molar-refractivity contribution in [2.75, 3.05) is 5.75 Å². The number of rotatable bonds is 25. The first-order valence-electron chi connectivity index (χ1n) is 14.0. The summed E-state index contributed by atoms with van der Waals surface area (Å²) in [6, 6.07) is 0. The molecule has 0 atom stereocenters. The van der Waals surface area contributed by atoms with E-state index in [2.05, 4.69) is 13.8 Å². The maximum Gasteiger partial charge on any atom is 0.322 e. The summed E-state index contributed by atoms with van der Waals surface area (Å²) >= 11 is 0. The topological polar surface area (TPSA) is 60.4 Å². The maximum atomic E-state index is 11.9. The fraction of sp³-hybridized carbons (Fsp3) is 0.963. The zero-order valence-corrected chi connectivity index (χ0v) is 22.3. The minimum absolute atomic E-state index is 0.0363. The molecule has 0 saturated carbocycles. The van der Waals surface area contributed by atoms with E-state index in [1.165, 1.54) is 96.3 Å². The number of hydrogen-bond donors (Lipinski definition) is 0. The number of unbranched alkanes of at least 4 members (excludes halogenated alkanes) is 20. The van der Waals surface area contributed by atoms with Crippen LogP contribution in [0.3, 0.4) is 0 Å². The third-order valence-corrected chi connectivity index (χ3v) is 7.43. The minimum atomic E-state index is -3.70. The Kier molecular flexibility index (Phi) is 23.1. The monoisotopic (exact) mass is 474 g/mol. The van der Waals surface area contributed by atoms with Gasteiger partial charge in [0.2, 0.25) is 0 Å². The number of hydrogen-bond acceptors (Lipinski definition) is 4. The number of carbonyl (C=O) groups excluding carboxylic acids is 1. The van der Waals surface area contributed by atoms with Gasteiger partial charge in [0.1, 0.15) is 0 Å². The van der Waals surface area contributed by atoms with Gasteiger partial charge in [-0.2, -0.15) is 8.42 Å². The largest absolute Gasteiger partial charge is 0.346 e. The van der Waals surface area contributed by atoms with Gasteiger partial charge in [0.25, 0.3) is 0 Å². The predicted octanol–water partition coefficient (Wildman–Crippen LogP) is 8.87. The third kappa shape index (κ3) is 24.1. The summed E-state index contributed by atoms with van der Waals surface area (Å²) in [7, 11) is -3.70.